The van der Waals surface area contributed by atoms with Gasteiger partial charge in [0.05, 0.1) is 27.4 Å². The lowest BCUT2D eigenvalue weighted by atomic mass is 9.89. The molecule has 192 valence electrons. The molecule has 0 saturated carbocycles. The highest BCUT2D eigenvalue weighted by molar-refractivity contribution is 5.94. The average molecular weight is 500 g/mol. The lowest BCUT2D eigenvalue weighted by Gasteiger charge is -2.26. The summed E-state index contributed by atoms with van der Waals surface area (Å²) in [5, 5.41) is 4.30. The van der Waals surface area contributed by atoms with Crippen molar-refractivity contribution in [3.63, 3.8) is 0 Å². The lowest BCUT2D eigenvalue weighted by molar-refractivity contribution is 0.0342. The van der Waals surface area contributed by atoms with Crippen LogP contribution >= 0.6 is 0 Å². The number of para-hydroxylation sites is 2. The third-order valence-corrected chi connectivity index (χ3v) is 6.97. The number of amides is 1. The van der Waals surface area contributed by atoms with Crippen molar-refractivity contribution in [1.82, 2.24) is 15.2 Å². The van der Waals surface area contributed by atoms with Crippen molar-refractivity contribution in [2.24, 2.45) is 0 Å². The molecule has 2 heterocycles. The van der Waals surface area contributed by atoms with Gasteiger partial charge in [-0.3, -0.25) is 9.69 Å². The number of hydrogen-bond acceptors (Lipinski definition) is 5. The van der Waals surface area contributed by atoms with E-state index in [9.17, 15) is 4.79 Å². The normalized spacial score (nSPS) is 14.9. The predicted molar refractivity (Wildman–Crippen MR) is 145 cm³/mol. The first kappa shape index (κ1) is 24.9. The highest BCUT2D eigenvalue weighted by atomic mass is 16.5. The second-order valence-electron chi connectivity index (χ2n) is 9.22. The molecule has 1 fully saturated rings. The quantitative estimate of drug-likeness (QED) is 0.353. The minimum atomic E-state index is -0.151. The molecule has 1 amide bonds. The van der Waals surface area contributed by atoms with Gasteiger partial charge < -0.3 is 24.5 Å². The summed E-state index contributed by atoms with van der Waals surface area (Å²) in [7, 11) is 3.28. The van der Waals surface area contributed by atoms with Gasteiger partial charge >= 0.3 is 0 Å². The number of rotatable bonds is 9. The monoisotopic (exact) mass is 499 g/mol. The van der Waals surface area contributed by atoms with Crippen LogP contribution in [0.5, 0.6) is 11.5 Å². The van der Waals surface area contributed by atoms with Gasteiger partial charge in [-0.05, 0) is 35.4 Å². The van der Waals surface area contributed by atoms with Crippen LogP contribution in [0.1, 0.15) is 33.0 Å². The van der Waals surface area contributed by atoms with Crippen molar-refractivity contribution in [2.75, 3.05) is 47.1 Å². The number of methoxy groups -OCH3 is 2. The zero-order chi connectivity index (χ0) is 25.6. The summed E-state index contributed by atoms with van der Waals surface area (Å²) in [4.78, 5) is 19.0. The summed E-state index contributed by atoms with van der Waals surface area (Å²) in [6, 6.07) is 21.9. The maximum atomic E-state index is 13.3. The number of H-pyrrole nitrogens is 1. The maximum Gasteiger partial charge on any atom is 0.251 e. The van der Waals surface area contributed by atoms with Crippen LogP contribution in [0.4, 0.5) is 0 Å². The van der Waals surface area contributed by atoms with Crippen LogP contribution in [0.3, 0.4) is 0 Å². The van der Waals surface area contributed by atoms with Gasteiger partial charge in [0.15, 0.2) is 11.5 Å². The van der Waals surface area contributed by atoms with Gasteiger partial charge in [-0.2, -0.15) is 0 Å². The van der Waals surface area contributed by atoms with Gasteiger partial charge in [0.1, 0.15) is 0 Å². The number of carbonyl (C=O) groups is 1. The van der Waals surface area contributed by atoms with Gasteiger partial charge in [0.2, 0.25) is 0 Å². The Bertz CT molecular complexity index is 1360. The molecule has 4 aromatic rings. The highest BCUT2D eigenvalue weighted by Crippen LogP contribution is 2.40. The molecular formula is C30H33N3O4. The molecule has 7 heteroatoms. The topological polar surface area (TPSA) is 75.8 Å². The molecular weight excluding hydrogens is 466 g/mol. The number of aromatic amines is 1. The SMILES string of the molecule is COc1cccc(C(CNC(=O)c2cccc(CN3CCOCC3)c2)c2c[nH]c3ccccc23)c1OC. The van der Waals surface area contributed by atoms with Gasteiger partial charge in [-0.25, -0.2) is 0 Å². The van der Waals surface area contributed by atoms with Gasteiger partial charge in [-0.1, -0.05) is 42.5 Å². The zero-order valence-corrected chi connectivity index (χ0v) is 21.3. The van der Waals surface area contributed by atoms with Crippen molar-refractivity contribution in [1.29, 1.82) is 0 Å². The minimum absolute atomic E-state index is 0.101. The Labute approximate surface area is 217 Å². The van der Waals surface area contributed by atoms with E-state index in [1.807, 2.05) is 54.7 Å². The summed E-state index contributed by atoms with van der Waals surface area (Å²) >= 11 is 0. The van der Waals surface area contributed by atoms with E-state index in [4.69, 9.17) is 14.2 Å². The fourth-order valence-electron chi connectivity index (χ4n) is 5.08. The lowest BCUT2D eigenvalue weighted by Crippen LogP contribution is -2.35. The van der Waals surface area contributed by atoms with Crippen molar-refractivity contribution in [3.8, 4) is 11.5 Å². The number of benzene rings is 3. The van der Waals surface area contributed by atoms with Crippen LogP contribution in [0.15, 0.2) is 72.9 Å². The molecule has 3 aromatic carbocycles. The van der Waals surface area contributed by atoms with E-state index in [1.165, 1.54) is 0 Å². The second kappa shape index (κ2) is 11.5. The molecule has 7 nitrogen and oxygen atoms in total. The Morgan fingerprint density at radius 2 is 1.81 bits per heavy atom. The number of hydrogen-bond donors (Lipinski definition) is 2. The Kier molecular flexibility index (Phi) is 7.73. The molecule has 1 aliphatic heterocycles. The summed E-state index contributed by atoms with van der Waals surface area (Å²) < 4.78 is 16.8. The maximum absolute atomic E-state index is 13.3. The molecule has 0 spiro atoms. The molecule has 2 N–H and O–H groups in total. The number of carbonyl (C=O) groups excluding carboxylic acids is 1. The largest absolute Gasteiger partial charge is 0.493 e. The molecule has 1 unspecified atom stereocenters. The van der Waals surface area contributed by atoms with E-state index in [0.29, 0.717) is 23.6 Å². The smallest absolute Gasteiger partial charge is 0.251 e. The third kappa shape index (κ3) is 5.48. The van der Waals surface area contributed by atoms with Gasteiger partial charge in [-0.15, -0.1) is 0 Å². The Morgan fingerprint density at radius 3 is 2.62 bits per heavy atom. The van der Waals surface area contributed by atoms with Crippen LogP contribution in [0, 0.1) is 0 Å². The molecule has 1 atom stereocenters. The average Bonchev–Trinajstić information content (AvgIpc) is 3.37. The van der Waals surface area contributed by atoms with E-state index in [2.05, 4.69) is 33.4 Å². The number of nitrogens with one attached hydrogen (secondary N) is 2. The fraction of sp³-hybridized carbons (Fsp3) is 0.300. The second-order valence-corrected chi connectivity index (χ2v) is 9.22. The number of aromatic nitrogens is 1. The summed E-state index contributed by atoms with van der Waals surface area (Å²) in [5.74, 6) is 1.08. The number of fused-ring (bicyclic) bond motifs is 1. The highest BCUT2D eigenvalue weighted by Gasteiger charge is 2.24. The standard InChI is InChI=1S/C30H33N3O4/c1-35-28-12-6-10-24(29(28)36-2)26(25-18-31-27-11-4-3-9-23(25)27)19-32-30(34)22-8-5-7-21(17-22)20-33-13-15-37-16-14-33/h3-12,17-18,26,31H,13-16,19-20H2,1-2H3,(H,32,34). The first-order valence-corrected chi connectivity index (χ1v) is 12.6. The molecule has 0 bridgehead atoms. The summed E-state index contributed by atoms with van der Waals surface area (Å²) in [5.41, 5.74) is 4.86. The molecule has 5 rings (SSSR count). The van der Waals surface area contributed by atoms with Crippen LogP contribution in [0.25, 0.3) is 10.9 Å². The molecule has 0 radical (unpaired) electrons. The Balaban J connectivity index is 1.41. The van der Waals surface area contributed by atoms with E-state index in [-0.39, 0.29) is 11.8 Å². The molecule has 1 aromatic heterocycles. The van der Waals surface area contributed by atoms with Crippen molar-refractivity contribution < 1.29 is 19.0 Å². The van der Waals surface area contributed by atoms with Crippen molar-refractivity contribution in [3.05, 3.63) is 95.2 Å². The predicted octanol–water partition coefficient (Wildman–Crippen LogP) is 4.58. The van der Waals surface area contributed by atoms with E-state index in [1.54, 1.807) is 14.2 Å². The number of ether oxygens (including phenoxy) is 3. The van der Waals surface area contributed by atoms with Crippen LogP contribution in [-0.2, 0) is 11.3 Å². The van der Waals surface area contributed by atoms with E-state index >= 15 is 0 Å². The van der Waals surface area contributed by atoms with Crippen LogP contribution in [0.2, 0.25) is 0 Å². The van der Waals surface area contributed by atoms with E-state index < -0.39 is 0 Å². The molecule has 1 saturated heterocycles. The number of morpholine rings is 1. The molecule has 1 aliphatic rings. The zero-order valence-electron chi connectivity index (χ0n) is 21.3. The summed E-state index contributed by atoms with van der Waals surface area (Å²) in [6.45, 7) is 4.53. The Hall–Kier alpha value is -3.81. The fourth-order valence-corrected chi connectivity index (χ4v) is 5.08. The molecule has 37 heavy (non-hydrogen) atoms. The molecule has 0 aliphatic carbocycles. The first-order valence-electron chi connectivity index (χ1n) is 12.6. The summed E-state index contributed by atoms with van der Waals surface area (Å²) in [6.07, 6.45) is 2.02. The first-order chi connectivity index (χ1) is 18.2. The van der Waals surface area contributed by atoms with Gasteiger partial charge in [0, 0.05) is 60.3 Å². The minimum Gasteiger partial charge on any atom is -0.493 e. The van der Waals surface area contributed by atoms with Crippen LogP contribution in [-0.4, -0.2) is 62.9 Å². The van der Waals surface area contributed by atoms with Crippen LogP contribution < -0.4 is 14.8 Å². The van der Waals surface area contributed by atoms with Gasteiger partial charge in [0.25, 0.3) is 5.91 Å². The van der Waals surface area contributed by atoms with E-state index in [0.717, 1.165) is 60.4 Å². The third-order valence-electron chi connectivity index (χ3n) is 6.97. The van der Waals surface area contributed by atoms with Crippen molar-refractivity contribution >= 4 is 16.8 Å². The Morgan fingerprint density at radius 1 is 1.00 bits per heavy atom. The van der Waals surface area contributed by atoms with Crippen molar-refractivity contribution in [2.45, 2.75) is 12.5 Å². The number of nitrogens with zero attached hydrogens (tertiary/aromatic N) is 1.